The SMILES string of the molecule is CN1CCN2CN(CC1)N1C=C(C(=O)NCc3c(F)cc(F)cc3F)C(O)C(O)=C1C2=O. The van der Waals surface area contributed by atoms with Gasteiger partial charge in [-0.25, -0.2) is 13.2 Å². The first-order valence-corrected chi connectivity index (χ1v) is 9.93. The molecule has 3 aliphatic heterocycles. The van der Waals surface area contributed by atoms with Gasteiger partial charge in [0.2, 0.25) is 0 Å². The van der Waals surface area contributed by atoms with E-state index < -0.39 is 53.2 Å². The fourth-order valence-electron chi connectivity index (χ4n) is 3.81. The largest absolute Gasteiger partial charge is 0.507 e. The second kappa shape index (κ2) is 8.45. The molecule has 4 rings (SSSR count). The number of hydrogen-bond acceptors (Lipinski definition) is 7. The summed E-state index contributed by atoms with van der Waals surface area (Å²) in [7, 11) is 1.91. The van der Waals surface area contributed by atoms with Crippen molar-refractivity contribution in [3.63, 3.8) is 0 Å². The van der Waals surface area contributed by atoms with Gasteiger partial charge in [-0.2, -0.15) is 5.01 Å². The zero-order valence-electron chi connectivity index (χ0n) is 17.2. The molecule has 2 fully saturated rings. The third-order valence-corrected chi connectivity index (χ3v) is 5.70. The Bertz CT molecular complexity index is 1010. The molecular formula is C20H22F3N5O4. The Labute approximate surface area is 181 Å². The fraction of sp³-hybridized carbons (Fsp3) is 0.400. The maximum Gasteiger partial charge on any atom is 0.276 e. The average Bonchev–Trinajstić information content (AvgIpc) is 2.72. The van der Waals surface area contributed by atoms with Crippen LogP contribution in [-0.4, -0.2) is 87.8 Å². The van der Waals surface area contributed by atoms with Gasteiger partial charge in [0.1, 0.15) is 23.6 Å². The zero-order chi connectivity index (χ0) is 23.2. The summed E-state index contributed by atoms with van der Waals surface area (Å²) < 4.78 is 40.8. The van der Waals surface area contributed by atoms with E-state index in [0.29, 0.717) is 38.3 Å². The molecule has 3 aliphatic rings. The number of carbonyl (C=O) groups is 2. The van der Waals surface area contributed by atoms with Crippen LogP contribution in [0.3, 0.4) is 0 Å². The third kappa shape index (κ3) is 3.92. The molecule has 3 N–H and O–H groups in total. The topological polar surface area (TPSA) is 99.6 Å². The molecule has 2 saturated heterocycles. The van der Waals surface area contributed by atoms with Crippen molar-refractivity contribution >= 4 is 11.8 Å². The molecule has 3 heterocycles. The maximum absolute atomic E-state index is 13.8. The Morgan fingerprint density at radius 2 is 1.81 bits per heavy atom. The van der Waals surface area contributed by atoms with Gasteiger partial charge in [-0.15, -0.1) is 0 Å². The van der Waals surface area contributed by atoms with Crippen LogP contribution in [0.1, 0.15) is 5.56 Å². The molecule has 0 saturated carbocycles. The second-order valence-electron chi connectivity index (χ2n) is 7.84. The Kier molecular flexibility index (Phi) is 5.84. The number of nitrogens with one attached hydrogen (secondary N) is 1. The van der Waals surface area contributed by atoms with Crippen LogP contribution in [0.25, 0.3) is 0 Å². The summed E-state index contributed by atoms with van der Waals surface area (Å²) in [5.41, 5.74) is -1.02. The van der Waals surface area contributed by atoms with Crippen molar-refractivity contribution in [2.75, 3.05) is 39.9 Å². The highest BCUT2D eigenvalue weighted by Crippen LogP contribution is 2.31. The predicted molar refractivity (Wildman–Crippen MR) is 105 cm³/mol. The summed E-state index contributed by atoms with van der Waals surface area (Å²) in [4.78, 5) is 29.1. The summed E-state index contributed by atoms with van der Waals surface area (Å²) in [5, 5.41) is 26.4. The summed E-state index contributed by atoms with van der Waals surface area (Å²) in [6.07, 6.45) is -0.580. The van der Waals surface area contributed by atoms with Crippen LogP contribution in [0.15, 0.2) is 35.4 Å². The lowest BCUT2D eigenvalue weighted by atomic mass is 10.0. The van der Waals surface area contributed by atoms with E-state index in [9.17, 15) is 33.0 Å². The van der Waals surface area contributed by atoms with Gasteiger partial charge in [-0.1, -0.05) is 0 Å². The molecule has 9 nitrogen and oxygen atoms in total. The lowest BCUT2D eigenvalue weighted by Crippen LogP contribution is -2.61. The minimum absolute atomic E-state index is 0.152. The average molecular weight is 453 g/mol. The molecule has 32 heavy (non-hydrogen) atoms. The number of fused-ring (bicyclic) bond motifs is 4. The Morgan fingerprint density at radius 1 is 1.16 bits per heavy atom. The Morgan fingerprint density at radius 3 is 2.50 bits per heavy atom. The quantitative estimate of drug-likeness (QED) is 0.593. The normalized spacial score (nSPS) is 24.0. The third-order valence-electron chi connectivity index (χ3n) is 5.70. The molecular weight excluding hydrogens is 431 g/mol. The van der Waals surface area contributed by atoms with Crippen molar-refractivity contribution in [1.29, 1.82) is 0 Å². The predicted octanol–water partition coefficient (Wildman–Crippen LogP) is 0.0122. The maximum atomic E-state index is 13.8. The van der Waals surface area contributed by atoms with E-state index in [1.807, 2.05) is 11.9 Å². The molecule has 0 aliphatic carbocycles. The summed E-state index contributed by atoms with van der Waals surface area (Å²) in [6.45, 7) is 1.84. The fourth-order valence-corrected chi connectivity index (χ4v) is 3.81. The molecule has 0 aromatic heterocycles. The van der Waals surface area contributed by atoms with Gasteiger partial charge in [0, 0.05) is 56.6 Å². The van der Waals surface area contributed by atoms with Crippen molar-refractivity contribution in [3.05, 3.63) is 58.4 Å². The van der Waals surface area contributed by atoms with Gasteiger partial charge in [0.25, 0.3) is 11.8 Å². The van der Waals surface area contributed by atoms with Crippen LogP contribution < -0.4 is 5.32 Å². The van der Waals surface area contributed by atoms with Crippen molar-refractivity contribution in [2.24, 2.45) is 0 Å². The molecule has 1 aromatic rings. The van der Waals surface area contributed by atoms with Gasteiger partial charge in [-0.3, -0.25) is 14.6 Å². The number of hydrazine groups is 1. The first kappa shape index (κ1) is 22.1. The highest BCUT2D eigenvalue weighted by molar-refractivity contribution is 5.99. The summed E-state index contributed by atoms with van der Waals surface area (Å²) in [6, 6.07) is 0.980. The molecule has 0 radical (unpaired) electrons. The smallest absolute Gasteiger partial charge is 0.276 e. The second-order valence-corrected chi connectivity index (χ2v) is 7.84. The number of aliphatic hydroxyl groups is 2. The zero-order valence-corrected chi connectivity index (χ0v) is 17.2. The minimum atomic E-state index is -1.81. The van der Waals surface area contributed by atoms with Gasteiger partial charge in [0.05, 0.1) is 12.2 Å². The van der Waals surface area contributed by atoms with Gasteiger partial charge in [0.15, 0.2) is 11.5 Å². The first-order valence-electron chi connectivity index (χ1n) is 9.93. The summed E-state index contributed by atoms with van der Waals surface area (Å²) >= 11 is 0. The molecule has 12 heteroatoms. The number of rotatable bonds is 3. The molecule has 2 atom stereocenters. The number of amides is 2. The Balaban J connectivity index is 1.58. The molecule has 0 spiro atoms. The molecule has 1 aromatic carbocycles. The Hall–Kier alpha value is -3.09. The van der Waals surface area contributed by atoms with Crippen LogP contribution in [0.5, 0.6) is 0 Å². The number of carbonyl (C=O) groups excluding carboxylic acids is 2. The van der Waals surface area contributed by atoms with Gasteiger partial charge >= 0.3 is 0 Å². The number of likely N-dealkylation sites (N-methyl/N-ethyl adjacent to an activating group) is 1. The van der Waals surface area contributed by atoms with E-state index in [1.165, 1.54) is 16.1 Å². The lowest BCUT2D eigenvalue weighted by molar-refractivity contribution is -0.149. The highest BCUT2D eigenvalue weighted by Gasteiger charge is 2.43. The van der Waals surface area contributed by atoms with E-state index >= 15 is 0 Å². The van der Waals surface area contributed by atoms with E-state index in [2.05, 4.69) is 5.32 Å². The molecule has 2 unspecified atom stereocenters. The van der Waals surface area contributed by atoms with Gasteiger partial charge in [-0.05, 0) is 7.05 Å². The van der Waals surface area contributed by atoms with Crippen molar-refractivity contribution in [3.8, 4) is 0 Å². The highest BCUT2D eigenvalue weighted by atomic mass is 19.1. The number of benzene rings is 1. The number of hydrogen-bond donors (Lipinski definition) is 3. The van der Waals surface area contributed by atoms with Gasteiger partial charge < -0.3 is 25.3 Å². The van der Waals surface area contributed by atoms with Crippen LogP contribution in [0, 0.1) is 17.5 Å². The lowest BCUT2D eigenvalue weighted by Gasteiger charge is -2.48. The van der Waals surface area contributed by atoms with E-state index in [4.69, 9.17) is 0 Å². The van der Waals surface area contributed by atoms with Crippen molar-refractivity contribution in [2.45, 2.75) is 12.6 Å². The number of nitrogens with zero attached hydrogens (tertiary/aromatic N) is 4. The van der Waals surface area contributed by atoms with E-state index in [0.717, 1.165) is 0 Å². The molecule has 172 valence electrons. The molecule has 2 bridgehead atoms. The van der Waals surface area contributed by atoms with E-state index in [1.54, 1.807) is 5.01 Å². The van der Waals surface area contributed by atoms with Crippen LogP contribution in [0.4, 0.5) is 13.2 Å². The van der Waals surface area contributed by atoms with E-state index in [-0.39, 0.29) is 17.9 Å². The van der Waals surface area contributed by atoms with Crippen molar-refractivity contribution < 1.29 is 33.0 Å². The van der Waals surface area contributed by atoms with Crippen molar-refractivity contribution in [1.82, 2.24) is 25.1 Å². The molecule has 2 amide bonds. The monoisotopic (exact) mass is 453 g/mol. The summed E-state index contributed by atoms with van der Waals surface area (Å²) in [5.74, 6) is -5.52. The standard InChI is InChI=1S/C20H22F3N5O4/c1-25-2-4-26-10-27(5-3-25)28-9-13(17(29)18(30)16(28)20(26)32)19(31)24-8-12-14(22)6-11(21)7-15(12)23/h6-7,9,17,29-30H,2-5,8,10H2,1H3,(H,24,31). The minimum Gasteiger partial charge on any atom is -0.507 e. The number of halogens is 3. The van der Waals surface area contributed by atoms with Crippen LogP contribution in [-0.2, 0) is 16.1 Å². The van der Waals surface area contributed by atoms with Crippen LogP contribution in [0.2, 0.25) is 0 Å². The first-order chi connectivity index (χ1) is 15.2. The number of aliphatic hydroxyl groups excluding tert-OH is 2. The van der Waals surface area contributed by atoms with Crippen LogP contribution >= 0.6 is 0 Å².